The third-order valence-corrected chi connectivity index (χ3v) is 6.61. The number of urea groups is 1. The first-order chi connectivity index (χ1) is 19.0. The second-order valence-corrected chi connectivity index (χ2v) is 9.60. The third kappa shape index (κ3) is 6.35. The number of carbonyl (C=O) groups is 1. The molecule has 1 saturated heterocycles. The van der Waals surface area contributed by atoms with Gasteiger partial charge >= 0.3 is 12.2 Å². The number of carbonyl (C=O) groups excluding carboxylic acids is 1. The molecule has 2 N–H and O–H groups in total. The van der Waals surface area contributed by atoms with Crippen LogP contribution in [-0.4, -0.2) is 54.1 Å². The number of piperazine rings is 1. The summed E-state index contributed by atoms with van der Waals surface area (Å²) in [5, 5.41) is 4.15. The molecule has 1 fully saturated rings. The van der Waals surface area contributed by atoms with Crippen LogP contribution in [0.25, 0.3) is 11.0 Å². The average Bonchev–Trinajstić information content (AvgIpc) is 2.90. The van der Waals surface area contributed by atoms with Crippen LogP contribution < -0.4 is 20.3 Å². The molecule has 0 radical (unpaired) electrons. The van der Waals surface area contributed by atoms with Gasteiger partial charge in [-0.3, -0.25) is 4.98 Å². The SMILES string of the molecule is CN1CCN(c2cnc3ccc(Oc4ccc(NC(=O)Nc5ccc(Cl)c(C(F)(F)F)c5)cc4F)cc3n2)CC1. The number of hydrogen-bond acceptors (Lipinski definition) is 6. The van der Waals surface area contributed by atoms with E-state index >= 15 is 0 Å². The highest BCUT2D eigenvalue weighted by Crippen LogP contribution is 2.36. The maximum absolute atomic E-state index is 14.8. The number of ether oxygens (including phenoxy) is 1. The number of halogens is 5. The monoisotopic (exact) mass is 574 g/mol. The summed E-state index contributed by atoms with van der Waals surface area (Å²) >= 11 is 5.60. The van der Waals surface area contributed by atoms with Crippen molar-refractivity contribution in [3.63, 3.8) is 0 Å². The van der Waals surface area contributed by atoms with E-state index in [1.165, 1.54) is 18.2 Å². The molecule has 4 aromatic rings. The molecule has 1 aromatic heterocycles. The van der Waals surface area contributed by atoms with Crippen molar-refractivity contribution in [2.75, 3.05) is 48.8 Å². The molecule has 0 saturated carbocycles. The standard InChI is InChI=1S/C27H23ClF4N6O2/c1-37-8-10-38(11-9-37)25-15-33-22-6-4-18(14-23(22)36-25)40-24-7-3-17(13-21(24)29)35-26(39)34-16-2-5-20(28)19(12-16)27(30,31)32/h2-7,12-15H,8-11H2,1H3,(H2,34,35,39). The molecule has 8 nitrogen and oxygen atoms in total. The highest BCUT2D eigenvalue weighted by molar-refractivity contribution is 6.31. The Morgan fingerprint density at radius 1 is 0.950 bits per heavy atom. The maximum Gasteiger partial charge on any atom is 0.417 e. The Balaban J connectivity index is 1.25. The number of aromatic nitrogens is 2. The number of likely N-dealkylation sites (N-methyl/N-ethyl adjacent to an activating group) is 1. The zero-order valence-corrected chi connectivity index (χ0v) is 21.9. The van der Waals surface area contributed by atoms with E-state index < -0.39 is 28.6 Å². The van der Waals surface area contributed by atoms with Gasteiger partial charge in [0.15, 0.2) is 11.6 Å². The van der Waals surface area contributed by atoms with E-state index in [0.29, 0.717) is 22.8 Å². The van der Waals surface area contributed by atoms with Gasteiger partial charge in [0.05, 0.1) is 27.8 Å². The first kappa shape index (κ1) is 27.4. The lowest BCUT2D eigenvalue weighted by atomic mass is 10.2. The van der Waals surface area contributed by atoms with E-state index in [9.17, 15) is 22.4 Å². The average molecular weight is 575 g/mol. The van der Waals surface area contributed by atoms with E-state index in [1.807, 2.05) is 0 Å². The van der Waals surface area contributed by atoms with Gasteiger partial charge in [0.25, 0.3) is 0 Å². The van der Waals surface area contributed by atoms with Crippen LogP contribution in [0.3, 0.4) is 0 Å². The number of rotatable bonds is 5. The van der Waals surface area contributed by atoms with Crippen molar-refractivity contribution in [1.29, 1.82) is 0 Å². The normalized spacial score (nSPS) is 14.3. The van der Waals surface area contributed by atoms with Gasteiger partial charge in [0, 0.05) is 49.7 Å². The smallest absolute Gasteiger partial charge is 0.417 e. The highest BCUT2D eigenvalue weighted by atomic mass is 35.5. The van der Waals surface area contributed by atoms with Gasteiger partial charge in [0.2, 0.25) is 0 Å². The molecular weight excluding hydrogens is 552 g/mol. The number of fused-ring (bicyclic) bond motifs is 1. The molecule has 0 spiro atoms. The van der Waals surface area contributed by atoms with Gasteiger partial charge in [0.1, 0.15) is 11.6 Å². The van der Waals surface area contributed by atoms with Crippen LogP contribution in [0.15, 0.2) is 60.8 Å². The first-order valence-corrected chi connectivity index (χ1v) is 12.6. The topological polar surface area (TPSA) is 82.6 Å². The summed E-state index contributed by atoms with van der Waals surface area (Å²) in [5.74, 6) is 0.241. The van der Waals surface area contributed by atoms with Crippen LogP contribution in [-0.2, 0) is 6.18 Å². The maximum atomic E-state index is 14.8. The van der Waals surface area contributed by atoms with Crippen LogP contribution in [0.4, 0.5) is 39.5 Å². The Morgan fingerprint density at radius 3 is 2.35 bits per heavy atom. The fourth-order valence-corrected chi connectivity index (χ4v) is 4.36. The van der Waals surface area contributed by atoms with Gasteiger partial charge in [-0.05, 0) is 49.5 Å². The fraction of sp³-hybridized carbons (Fsp3) is 0.222. The van der Waals surface area contributed by atoms with E-state index in [2.05, 4.69) is 32.5 Å². The van der Waals surface area contributed by atoms with E-state index in [1.54, 1.807) is 24.4 Å². The number of benzene rings is 3. The molecule has 40 heavy (non-hydrogen) atoms. The number of alkyl halides is 3. The molecule has 5 rings (SSSR count). The van der Waals surface area contributed by atoms with Gasteiger partial charge in [-0.25, -0.2) is 14.2 Å². The van der Waals surface area contributed by atoms with Crippen molar-refractivity contribution in [1.82, 2.24) is 14.9 Å². The molecule has 0 atom stereocenters. The largest absolute Gasteiger partial charge is 0.454 e. The van der Waals surface area contributed by atoms with E-state index in [4.69, 9.17) is 21.3 Å². The van der Waals surface area contributed by atoms with Crippen molar-refractivity contribution in [3.8, 4) is 11.5 Å². The molecule has 2 amide bonds. The number of amides is 2. The first-order valence-electron chi connectivity index (χ1n) is 12.2. The molecule has 0 bridgehead atoms. The zero-order valence-electron chi connectivity index (χ0n) is 21.1. The van der Waals surface area contributed by atoms with E-state index in [-0.39, 0.29) is 17.1 Å². The van der Waals surface area contributed by atoms with Crippen LogP contribution in [0, 0.1) is 5.82 Å². The lowest BCUT2D eigenvalue weighted by Gasteiger charge is -2.33. The third-order valence-electron chi connectivity index (χ3n) is 6.28. The molecule has 0 unspecified atom stereocenters. The molecule has 13 heteroatoms. The summed E-state index contributed by atoms with van der Waals surface area (Å²) in [6.07, 6.45) is -2.95. The van der Waals surface area contributed by atoms with Crippen molar-refractivity contribution in [2.45, 2.75) is 6.18 Å². The Hall–Kier alpha value is -4.16. The van der Waals surface area contributed by atoms with Crippen molar-refractivity contribution < 1.29 is 27.1 Å². The lowest BCUT2D eigenvalue weighted by Crippen LogP contribution is -2.44. The van der Waals surface area contributed by atoms with Crippen LogP contribution in [0.2, 0.25) is 5.02 Å². The minimum Gasteiger partial charge on any atom is -0.454 e. The van der Waals surface area contributed by atoms with Crippen LogP contribution in [0.1, 0.15) is 5.56 Å². The Kier molecular flexibility index (Phi) is 7.63. The Labute approximate surface area is 231 Å². The Bertz CT molecular complexity index is 1560. The molecule has 1 aliphatic rings. The summed E-state index contributed by atoms with van der Waals surface area (Å²) in [4.78, 5) is 25.9. The number of hydrogen-bond donors (Lipinski definition) is 2. The summed E-state index contributed by atoms with van der Waals surface area (Å²) in [5.41, 5.74) is 0.104. The Morgan fingerprint density at radius 2 is 1.65 bits per heavy atom. The lowest BCUT2D eigenvalue weighted by molar-refractivity contribution is -0.137. The molecular formula is C27H23ClF4N6O2. The molecule has 3 aromatic carbocycles. The predicted octanol–water partition coefficient (Wildman–Crippen LogP) is 6.63. The van der Waals surface area contributed by atoms with Crippen LogP contribution >= 0.6 is 11.6 Å². The number of anilines is 3. The summed E-state index contributed by atoms with van der Waals surface area (Å²) in [7, 11) is 2.07. The summed E-state index contributed by atoms with van der Waals surface area (Å²) < 4.78 is 59.7. The molecule has 1 aliphatic heterocycles. The van der Waals surface area contributed by atoms with Crippen molar-refractivity contribution in [2.24, 2.45) is 0 Å². The van der Waals surface area contributed by atoms with Gasteiger partial charge in [-0.1, -0.05) is 11.6 Å². The quantitative estimate of drug-likeness (QED) is 0.260. The summed E-state index contributed by atoms with van der Waals surface area (Å²) in [6, 6.07) is 10.9. The zero-order chi connectivity index (χ0) is 28.4. The molecule has 208 valence electrons. The van der Waals surface area contributed by atoms with Gasteiger partial charge < -0.3 is 25.2 Å². The highest BCUT2D eigenvalue weighted by Gasteiger charge is 2.33. The molecule has 0 aliphatic carbocycles. The van der Waals surface area contributed by atoms with Crippen molar-refractivity contribution >= 4 is 45.9 Å². The fourth-order valence-electron chi connectivity index (χ4n) is 4.13. The van der Waals surface area contributed by atoms with E-state index in [0.717, 1.165) is 44.1 Å². The number of nitrogens with zero attached hydrogens (tertiary/aromatic N) is 4. The second-order valence-electron chi connectivity index (χ2n) is 9.19. The minimum atomic E-state index is -4.69. The molecule has 2 heterocycles. The second kappa shape index (κ2) is 11.1. The number of nitrogens with one attached hydrogen (secondary N) is 2. The van der Waals surface area contributed by atoms with Crippen molar-refractivity contribution in [3.05, 3.63) is 77.2 Å². The minimum absolute atomic E-state index is 0.0635. The summed E-state index contributed by atoms with van der Waals surface area (Å²) in [6.45, 7) is 3.53. The predicted molar refractivity (Wildman–Crippen MR) is 145 cm³/mol. The van der Waals surface area contributed by atoms with Gasteiger partial charge in [-0.15, -0.1) is 0 Å². The van der Waals surface area contributed by atoms with Crippen LogP contribution in [0.5, 0.6) is 11.5 Å². The van der Waals surface area contributed by atoms with Gasteiger partial charge in [-0.2, -0.15) is 13.2 Å².